The Morgan fingerprint density at radius 2 is 1.96 bits per heavy atom. The molecule has 1 aliphatic carbocycles. The molecule has 1 aromatic carbocycles. The van der Waals surface area contributed by atoms with Crippen LogP contribution in [-0.2, 0) is 0 Å². The zero-order chi connectivity index (χ0) is 19.9. The molecule has 2 heterocycles. The van der Waals surface area contributed by atoms with Crippen molar-refractivity contribution in [2.75, 3.05) is 17.3 Å². The van der Waals surface area contributed by atoms with Gasteiger partial charge in [-0.3, -0.25) is 0 Å². The number of aromatic nitrogens is 2. The number of benzene rings is 1. The van der Waals surface area contributed by atoms with Crippen molar-refractivity contribution >= 4 is 34.5 Å². The Labute approximate surface area is 169 Å². The molecular formula is C21H26N6S. The molecule has 1 saturated carbocycles. The normalized spacial score (nSPS) is 14.2. The van der Waals surface area contributed by atoms with E-state index in [1.165, 1.54) is 32.1 Å². The second kappa shape index (κ2) is 9.49. The van der Waals surface area contributed by atoms with E-state index in [9.17, 15) is 5.26 Å². The minimum absolute atomic E-state index is 0.439. The maximum absolute atomic E-state index is 9.20. The molecule has 5 N–H and O–H groups in total. The number of nitriles is 1. The van der Waals surface area contributed by atoms with Gasteiger partial charge in [0.2, 0.25) is 0 Å². The fourth-order valence-electron chi connectivity index (χ4n) is 3.34. The fourth-order valence-corrected chi connectivity index (χ4v) is 3.90. The van der Waals surface area contributed by atoms with E-state index in [-0.39, 0.29) is 0 Å². The topological polar surface area (TPSA) is 105 Å². The van der Waals surface area contributed by atoms with E-state index in [1.807, 2.05) is 30.5 Å². The molecule has 0 unspecified atom stereocenters. The highest BCUT2D eigenvalue weighted by Gasteiger charge is 2.12. The number of pyridine rings is 1. The molecule has 1 aliphatic rings. The van der Waals surface area contributed by atoms with Gasteiger partial charge in [0.05, 0.1) is 23.1 Å². The summed E-state index contributed by atoms with van der Waals surface area (Å²) in [7, 11) is 0. The average molecular weight is 395 g/mol. The molecule has 4 rings (SSSR count). The van der Waals surface area contributed by atoms with E-state index < -0.39 is 0 Å². The zero-order valence-electron chi connectivity index (χ0n) is 16.1. The van der Waals surface area contributed by atoms with Crippen molar-refractivity contribution in [2.45, 2.75) is 43.0 Å². The van der Waals surface area contributed by atoms with Gasteiger partial charge in [0.15, 0.2) is 0 Å². The molecule has 0 amide bonds. The predicted octanol–water partition coefficient (Wildman–Crippen LogP) is 4.53. The molecule has 0 saturated heterocycles. The smallest absolute Gasteiger partial charge is 0.134 e. The first-order valence-corrected chi connectivity index (χ1v) is 10.7. The average Bonchev–Trinajstić information content (AvgIpc) is 3.19. The van der Waals surface area contributed by atoms with Crippen molar-refractivity contribution in [3.63, 3.8) is 0 Å². The van der Waals surface area contributed by atoms with Crippen LogP contribution in [0.4, 0.5) is 17.2 Å². The Bertz CT molecular complexity index is 969. The molecule has 0 aliphatic heterocycles. The highest BCUT2D eigenvalue weighted by atomic mass is 32.2. The quantitative estimate of drug-likeness (QED) is 0.564. The lowest BCUT2D eigenvalue weighted by molar-refractivity contribution is 0.441. The largest absolute Gasteiger partial charge is 0.397 e. The van der Waals surface area contributed by atoms with E-state index in [0.29, 0.717) is 22.8 Å². The molecular weight excluding hydrogens is 368 g/mol. The summed E-state index contributed by atoms with van der Waals surface area (Å²) in [6, 6.07) is 14.2. The number of thioether (sulfide) groups is 1. The van der Waals surface area contributed by atoms with Gasteiger partial charge in [-0.05, 0) is 37.3 Å². The highest BCUT2D eigenvalue weighted by Crippen LogP contribution is 2.30. The third-order valence-corrected chi connectivity index (χ3v) is 5.64. The zero-order valence-corrected chi connectivity index (χ0v) is 16.9. The second-order valence-corrected chi connectivity index (χ2v) is 7.67. The van der Waals surface area contributed by atoms with Gasteiger partial charge >= 0.3 is 0 Å². The first-order valence-electron chi connectivity index (χ1n) is 9.46. The Morgan fingerprint density at radius 3 is 2.61 bits per heavy atom. The van der Waals surface area contributed by atoms with Gasteiger partial charge in [-0.2, -0.15) is 10.4 Å². The van der Waals surface area contributed by atoms with Gasteiger partial charge in [-0.15, -0.1) is 11.8 Å². The van der Waals surface area contributed by atoms with E-state index in [0.717, 1.165) is 16.4 Å². The van der Waals surface area contributed by atoms with Crippen LogP contribution in [0.15, 0.2) is 47.5 Å². The third kappa shape index (κ3) is 4.58. The fraction of sp³-hybridized carbons (Fsp3) is 0.333. The summed E-state index contributed by atoms with van der Waals surface area (Å²) in [6.45, 7) is 0. The summed E-state index contributed by atoms with van der Waals surface area (Å²) >= 11 is 1.66. The molecule has 7 heteroatoms. The van der Waals surface area contributed by atoms with Crippen molar-refractivity contribution in [1.29, 1.82) is 5.26 Å². The van der Waals surface area contributed by atoms with E-state index >= 15 is 0 Å². The SMILES string of the molecule is CSc1ccccc1Nc1cc(N)c(C#N)c2ccnn12.NC1CCCCC1. The van der Waals surface area contributed by atoms with E-state index in [2.05, 4.69) is 16.5 Å². The lowest BCUT2D eigenvalue weighted by atomic mass is 9.97. The maximum Gasteiger partial charge on any atom is 0.134 e. The Kier molecular flexibility index (Phi) is 6.80. The van der Waals surface area contributed by atoms with Gasteiger partial charge in [-0.25, -0.2) is 4.52 Å². The van der Waals surface area contributed by atoms with Gasteiger partial charge in [-0.1, -0.05) is 31.4 Å². The predicted molar refractivity (Wildman–Crippen MR) is 117 cm³/mol. The number of nitrogen functional groups attached to an aromatic ring is 1. The third-order valence-electron chi connectivity index (χ3n) is 4.84. The van der Waals surface area contributed by atoms with Crippen LogP contribution in [0.5, 0.6) is 0 Å². The molecule has 1 fully saturated rings. The van der Waals surface area contributed by atoms with Crippen molar-refractivity contribution < 1.29 is 0 Å². The summed E-state index contributed by atoms with van der Waals surface area (Å²) in [5.41, 5.74) is 14.2. The van der Waals surface area contributed by atoms with Crippen LogP contribution < -0.4 is 16.8 Å². The van der Waals surface area contributed by atoms with Crippen LogP contribution in [0.2, 0.25) is 0 Å². The monoisotopic (exact) mass is 394 g/mol. The molecule has 6 nitrogen and oxygen atoms in total. The van der Waals surface area contributed by atoms with Gasteiger partial charge in [0, 0.05) is 17.0 Å². The first kappa shape index (κ1) is 20.1. The molecule has 0 spiro atoms. The Hall–Kier alpha value is -2.69. The number of nitrogens with zero attached hydrogens (tertiary/aromatic N) is 3. The number of fused-ring (bicyclic) bond motifs is 1. The number of anilines is 3. The van der Waals surface area contributed by atoms with Crippen LogP contribution in [0, 0.1) is 11.3 Å². The molecule has 2 aromatic heterocycles. The summed E-state index contributed by atoms with van der Waals surface area (Å²) in [4.78, 5) is 1.13. The van der Waals surface area contributed by atoms with Crippen molar-refractivity contribution in [1.82, 2.24) is 9.61 Å². The highest BCUT2D eigenvalue weighted by molar-refractivity contribution is 7.98. The summed E-state index contributed by atoms with van der Waals surface area (Å²) < 4.78 is 1.69. The molecule has 3 aromatic rings. The number of rotatable bonds is 3. The molecule has 0 atom stereocenters. The van der Waals surface area contributed by atoms with Crippen molar-refractivity contribution in [3.8, 4) is 6.07 Å². The lowest BCUT2D eigenvalue weighted by Crippen LogP contribution is -2.22. The lowest BCUT2D eigenvalue weighted by Gasteiger charge is -2.15. The van der Waals surface area contributed by atoms with Crippen molar-refractivity contribution in [2.24, 2.45) is 5.73 Å². The van der Waals surface area contributed by atoms with Gasteiger partial charge < -0.3 is 16.8 Å². The van der Waals surface area contributed by atoms with E-state index in [1.54, 1.807) is 34.6 Å². The summed E-state index contributed by atoms with van der Waals surface area (Å²) in [5, 5.41) is 16.8. The molecule has 146 valence electrons. The number of hydrogen-bond donors (Lipinski definition) is 3. The number of para-hydroxylation sites is 1. The minimum atomic E-state index is 0.439. The van der Waals surface area contributed by atoms with Gasteiger partial charge in [0.25, 0.3) is 0 Å². The number of nitrogens with two attached hydrogens (primary N) is 2. The molecule has 28 heavy (non-hydrogen) atoms. The van der Waals surface area contributed by atoms with Crippen LogP contribution >= 0.6 is 11.8 Å². The standard InChI is InChI=1S/C15H13N5S.C6H13N/c1-21-14-5-3-2-4-12(14)19-15-8-11(17)10(9-16)13-6-7-18-20(13)15;7-6-4-2-1-3-5-6/h2-8,19H,17H2,1H3;6H,1-5,7H2. The molecule has 0 bridgehead atoms. The minimum Gasteiger partial charge on any atom is -0.397 e. The summed E-state index contributed by atoms with van der Waals surface area (Å²) in [6.07, 6.45) is 10.3. The Morgan fingerprint density at radius 1 is 1.21 bits per heavy atom. The Balaban J connectivity index is 0.000000271. The number of hydrogen-bond acceptors (Lipinski definition) is 6. The number of nitrogens with one attached hydrogen (secondary N) is 1. The van der Waals surface area contributed by atoms with Crippen LogP contribution in [0.25, 0.3) is 5.52 Å². The summed E-state index contributed by atoms with van der Waals surface area (Å²) in [5.74, 6) is 0.730. The van der Waals surface area contributed by atoms with Crippen LogP contribution in [0.1, 0.15) is 37.7 Å². The van der Waals surface area contributed by atoms with Crippen LogP contribution in [0.3, 0.4) is 0 Å². The first-order chi connectivity index (χ1) is 13.6. The van der Waals surface area contributed by atoms with Crippen molar-refractivity contribution in [3.05, 3.63) is 48.2 Å². The van der Waals surface area contributed by atoms with Crippen LogP contribution in [-0.4, -0.2) is 21.9 Å². The second-order valence-electron chi connectivity index (χ2n) is 6.82. The van der Waals surface area contributed by atoms with E-state index in [4.69, 9.17) is 11.5 Å². The molecule has 0 radical (unpaired) electrons. The maximum atomic E-state index is 9.20. The van der Waals surface area contributed by atoms with Gasteiger partial charge in [0.1, 0.15) is 17.5 Å².